The number of carbonyl (C=O) groups excluding carboxylic acids is 1. The van der Waals surface area contributed by atoms with Gasteiger partial charge in [-0.1, -0.05) is 23.7 Å². The van der Waals surface area contributed by atoms with Crippen LogP contribution in [0.2, 0.25) is 10.4 Å². The van der Waals surface area contributed by atoms with Crippen molar-refractivity contribution < 1.29 is 13.6 Å². The first-order valence-corrected chi connectivity index (χ1v) is 6.36. The van der Waals surface area contributed by atoms with E-state index in [9.17, 15) is 13.6 Å². The fourth-order valence-corrected chi connectivity index (χ4v) is 1.89. The number of halogens is 4. The minimum atomic E-state index is -3.11. The molecule has 1 amide bonds. The zero-order valence-electron chi connectivity index (χ0n) is 10.3. The van der Waals surface area contributed by atoms with E-state index in [1.165, 1.54) is 12.1 Å². The van der Waals surface area contributed by atoms with Crippen LogP contribution in [0.25, 0.3) is 0 Å². The van der Waals surface area contributed by atoms with Crippen LogP contribution in [0.5, 0.6) is 0 Å². The minimum Gasteiger partial charge on any atom is -0.338 e. The van der Waals surface area contributed by atoms with E-state index in [1.807, 2.05) is 0 Å². The summed E-state index contributed by atoms with van der Waals surface area (Å²) in [6.45, 7) is 0. The number of anilines is 3. The van der Waals surface area contributed by atoms with Crippen molar-refractivity contribution in [1.29, 1.82) is 0 Å². The maximum atomic E-state index is 12.3. The molecule has 0 bridgehead atoms. The predicted octanol–water partition coefficient (Wildman–Crippen LogP) is 3.73. The topological polar surface area (TPSA) is 66.9 Å². The molecule has 1 aromatic heterocycles. The summed E-state index contributed by atoms with van der Waals surface area (Å²) < 4.78 is 24.6. The highest BCUT2D eigenvalue weighted by atomic mass is 35.5. The van der Waals surface area contributed by atoms with Crippen molar-refractivity contribution >= 4 is 46.3 Å². The van der Waals surface area contributed by atoms with Gasteiger partial charge in [0.15, 0.2) is 0 Å². The molecule has 0 aliphatic rings. The second kappa shape index (κ2) is 6.64. The molecule has 21 heavy (non-hydrogen) atoms. The molecule has 5 nitrogen and oxygen atoms in total. The number of aromatic nitrogens is 2. The summed E-state index contributed by atoms with van der Waals surface area (Å²) in [6.07, 6.45) is -3.11. The summed E-state index contributed by atoms with van der Waals surface area (Å²) in [4.78, 5) is 18.6. The van der Waals surface area contributed by atoms with Crippen molar-refractivity contribution in [3.05, 3.63) is 40.8 Å². The molecule has 2 rings (SSSR count). The summed E-state index contributed by atoms with van der Waals surface area (Å²) in [5.41, 5.74) is 0.533. The van der Waals surface area contributed by atoms with Gasteiger partial charge >= 0.3 is 6.43 Å². The molecular formula is C12H8Cl2F2N4O. The zero-order valence-corrected chi connectivity index (χ0v) is 11.8. The average molecular weight is 333 g/mol. The third kappa shape index (κ3) is 4.24. The highest BCUT2D eigenvalue weighted by Crippen LogP contribution is 2.26. The van der Waals surface area contributed by atoms with Gasteiger partial charge in [-0.15, -0.1) is 0 Å². The first kappa shape index (κ1) is 15.4. The lowest BCUT2D eigenvalue weighted by Gasteiger charge is -2.12. The van der Waals surface area contributed by atoms with Gasteiger partial charge in [0.2, 0.25) is 5.28 Å². The fourth-order valence-electron chi connectivity index (χ4n) is 1.48. The number of alkyl halides is 2. The average Bonchev–Trinajstić information content (AvgIpc) is 2.39. The molecule has 0 unspecified atom stereocenters. The van der Waals surface area contributed by atoms with Gasteiger partial charge in [0.05, 0.1) is 11.4 Å². The number of para-hydroxylation sites is 2. The molecule has 2 N–H and O–H groups in total. The third-order valence-corrected chi connectivity index (χ3v) is 2.68. The monoisotopic (exact) mass is 332 g/mol. The van der Waals surface area contributed by atoms with E-state index in [2.05, 4.69) is 20.6 Å². The molecule has 1 heterocycles. The number of benzene rings is 1. The van der Waals surface area contributed by atoms with E-state index < -0.39 is 12.3 Å². The molecule has 0 saturated heterocycles. The first-order chi connectivity index (χ1) is 9.95. The van der Waals surface area contributed by atoms with Crippen molar-refractivity contribution in [1.82, 2.24) is 9.97 Å². The number of hydrogen-bond donors (Lipinski definition) is 2. The Hall–Kier alpha value is -1.99. The Labute approximate surface area is 128 Å². The second-order valence-electron chi connectivity index (χ2n) is 3.81. The Balaban J connectivity index is 2.25. The fraction of sp³-hybridized carbons (Fsp3) is 0.0833. The maximum absolute atomic E-state index is 12.3. The number of rotatable bonds is 4. The molecule has 0 radical (unpaired) electrons. The number of nitrogens with one attached hydrogen (secondary N) is 2. The summed E-state index contributed by atoms with van der Waals surface area (Å²) in [7, 11) is 0. The van der Waals surface area contributed by atoms with Crippen molar-refractivity contribution in [3.8, 4) is 0 Å². The van der Waals surface area contributed by atoms with Crippen molar-refractivity contribution in [3.63, 3.8) is 0 Å². The normalized spacial score (nSPS) is 10.5. The highest BCUT2D eigenvalue weighted by molar-refractivity contribution is 6.32. The van der Waals surface area contributed by atoms with Crippen molar-refractivity contribution in [2.24, 2.45) is 0 Å². The highest BCUT2D eigenvalue weighted by Gasteiger charge is 2.16. The van der Waals surface area contributed by atoms with Gasteiger partial charge in [-0.25, -0.2) is 9.97 Å². The van der Waals surface area contributed by atoms with E-state index in [0.29, 0.717) is 5.69 Å². The summed E-state index contributed by atoms with van der Waals surface area (Å²) in [5.74, 6) is -1.14. The van der Waals surface area contributed by atoms with Gasteiger partial charge in [0.25, 0.3) is 5.91 Å². The molecule has 0 aliphatic heterocycles. The molecule has 110 valence electrons. The van der Waals surface area contributed by atoms with Crippen LogP contribution < -0.4 is 10.6 Å². The van der Waals surface area contributed by atoms with Gasteiger partial charge in [-0.3, -0.25) is 4.79 Å². The Morgan fingerprint density at radius 2 is 1.81 bits per heavy atom. The van der Waals surface area contributed by atoms with Gasteiger partial charge in [0, 0.05) is 6.07 Å². The number of amides is 1. The molecule has 0 saturated carbocycles. The van der Waals surface area contributed by atoms with Crippen LogP contribution in [-0.4, -0.2) is 22.3 Å². The number of nitrogens with zero attached hydrogens (tertiary/aromatic N) is 2. The molecule has 0 aliphatic carbocycles. The Morgan fingerprint density at radius 3 is 2.43 bits per heavy atom. The third-order valence-electron chi connectivity index (χ3n) is 2.31. The largest absolute Gasteiger partial charge is 0.338 e. The second-order valence-corrected chi connectivity index (χ2v) is 4.53. The first-order valence-electron chi connectivity index (χ1n) is 5.61. The Morgan fingerprint density at radius 1 is 1.14 bits per heavy atom. The molecule has 0 atom stereocenters. The van der Waals surface area contributed by atoms with Crippen LogP contribution in [0.15, 0.2) is 30.3 Å². The zero-order chi connectivity index (χ0) is 15.4. The van der Waals surface area contributed by atoms with Gasteiger partial charge in [-0.2, -0.15) is 8.78 Å². The van der Waals surface area contributed by atoms with Crippen LogP contribution in [-0.2, 0) is 4.79 Å². The predicted molar refractivity (Wildman–Crippen MR) is 76.4 cm³/mol. The van der Waals surface area contributed by atoms with E-state index in [-0.39, 0.29) is 21.9 Å². The summed E-state index contributed by atoms with van der Waals surface area (Å²) >= 11 is 11.4. The van der Waals surface area contributed by atoms with Gasteiger partial charge in [-0.05, 0) is 23.7 Å². The van der Waals surface area contributed by atoms with Crippen molar-refractivity contribution in [2.45, 2.75) is 6.43 Å². The Bertz CT molecular complexity index is 649. The van der Waals surface area contributed by atoms with E-state index in [4.69, 9.17) is 23.2 Å². The molecule has 9 heteroatoms. The molecule has 2 aromatic rings. The Kier molecular flexibility index (Phi) is 4.87. The SMILES string of the molecule is O=C(Nc1ccccc1Nc1cc(Cl)nc(Cl)n1)C(F)F. The summed E-state index contributed by atoms with van der Waals surface area (Å²) in [6, 6.07) is 7.69. The van der Waals surface area contributed by atoms with Crippen LogP contribution >= 0.6 is 23.2 Å². The molecule has 0 spiro atoms. The lowest BCUT2D eigenvalue weighted by atomic mass is 10.2. The lowest BCUT2D eigenvalue weighted by molar-refractivity contribution is -0.126. The van der Waals surface area contributed by atoms with Crippen LogP contribution in [0.4, 0.5) is 26.0 Å². The van der Waals surface area contributed by atoms with Gasteiger partial charge in [0.1, 0.15) is 11.0 Å². The van der Waals surface area contributed by atoms with Crippen LogP contribution in [0.1, 0.15) is 0 Å². The summed E-state index contributed by atoms with van der Waals surface area (Å²) in [5, 5.41) is 4.96. The lowest BCUT2D eigenvalue weighted by Crippen LogP contribution is -2.20. The molecular weight excluding hydrogens is 325 g/mol. The molecule has 0 fully saturated rings. The standard InChI is InChI=1S/C12H8Cl2F2N4O/c13-8-5-9(20-12(14)19-8)17-6-3-1-2-4-7(6)18-11(21)10(15)16/h1-5,10H,(H,18,21)(H,17,19,20). The molecule has 1 aromatic carbocycles. The van der Waals surface area contributed by atoms with Crippen molar-refractivity contribution in [2.75, 3.05) is 10.6 Å². The smallest absolute Gasteiger partial charge is 0.315 e. The minimum absolute atomic E-state index is 0.0703. The van der Waals surface area contributed by atoms with Crippen LogP contribution in [0.3, 0.4) is 0 Å². The number of carbonyl (C=O) groups is 1. The van der Waals surface area contributed by atoms with E-state index in [1.54, 1.807) is 18.2 Å². The van der Waals surface area contributed by atoms with E-state index in [0.717, 1.165) is 0 Å². The van der Waals surface area contributed by atoms with Crippen LogP contribution in [0, 0.1) is 0 Å². The van der Waals surface area contributed by atoms with E-state index >= 15 is 0 Å². The number of hydrogen-bond acceptors (Lipinski definition) is 4. The van der Waals surface area contributed by atoms with Gasteiger partial charge < -0.3 is 10.6 Å². The quantitative estimate of drug-likeness (QED) is 0.661. The maximum Gasteiger partial charge on any atom is 0.315 e.